The smallest absolute Gasteiger partial charge is 0.408 e. The van der Waals surface area contributed by atoms with Crippen LogP contribution in [0.5, 0.6) is 5.75 Å². The zero-order valence-corrected chi connectivity index (χ0v) is 20.6. The number of benzene rings is 1. The Balaban J connectivity index is 3.37. The van der Waals surface area contributed by atoms with Crippen LogP contribution in [0.15, 0.2) is 24.3 Å². The van der Waals surface area contributed by atoms with Crippen LogP contribution in [0, 0.1) is 0 Å². The molecule has 2 unspecified atom stereocenters. The lowest BCUT2D eigenvalue weighted by Crippen LogP contribution is -2.55. The Hall–Kier alpha value is -2.81. The van der Waals surface area contributed by atoms with Crippen molar-refractivity contribution in [1.82, 2.24) is 15.5 Å². The molecule has 1 rings (SSSR count). The van der Waals surface area contributed by atoms with Crippen molar-refractivity contribution in [3.05, 3.63) is 29.8 Å². The van der Waals surface area contributed by atoms with E-state index < -0.39 is 42.2 Å². The number of unbranched alkanes of at least 4 members (excludes halogenated alkanes) is 2. The van der Waals surface area contributed by atoms with E-state index in [0.29, 0.717) is 6.42 Å². The van der Waals surface area contributed by atoms with Crippen LogP contribution in [0.25, 0.3) is 0 Å². The monoisotopic (exact) mass is 465 g/mol. The Morgan fingerprint density at radius 3 is 2.24 bits per heavy atom. The van der Waals surface area contributed by atoms with Crippen molar-refractivity contribution in [1.29, 1.82) is 0 Å². The molecule has 0 aliphatic heterocycles. The Bertz CT molecular complexity index is 791. The molecule has 0 aliphatic rings. The highest BCUT2D eigenvalue weighted by molar-refractivity contribution is 5.92. The maximum Gasteiger partial charge on any atom is 0.408 e. The number of phenols is 1. The van der Waals surface area contributed by atoms with Gasteiger partial charge in [0, 0.05) is 18.2 Å². The van der Waals surface area contributed by atoms with Gasteiger partial charge in [-0.15, -0.1) is 0 Å². The van der Waals surface area contributed by atoms with Gasteiger partial charge in [-0.3, -0.25) is 9.59 Å². The predicted molar refractivity (Wildman–Crippen MR) is 126 cm³/mol. The average molecular weight is 466 g/mol. The van der Waals surface area contributed by atoms with E-state index in [1.165, 1.54) is 11.0 Å². The number of nitrogens with one attached hydrogen (secondary N) is 2. The molecule has 9 heteroatoms. The summed E-state index contributed by atoms with van der Waals surface area (Å²) < 4.78 is 5.21. The quantitative estimate of drug-likeness (QED) is 0.372. The molecule has 0 fully saturated rings. The number of phenolic OH excluding ortho intramolecular Hbond substituents is 1. The van der Waals surface area contributed by atoms with Crippen LogP contribution in [0.4, 0.5) is 4.79 Å². The third-order valence-electron chi connectivity index (χ3n) is 4.68. The van der Waals surface area contributed by atoms with Gasteiger partial charge in [0.2, 0.25) is 11.8 Å². The molecule has 1 aromatic carbocycles. The largest absolute Gasteiger partial charge is 0.508 e. The van der Waals surface area contributed by atoms with Gasteiger partial charge >= 0.3 is 6.09 Å². The van der Waals surface area contributed by atoms with Crippen molar-refractivity contribution in [3.63, 3.8) is 0 Å². The predicted octanol–water partition coefficient (Wildman–Crippen LogP) is 2.86. The highest BCUT2D eigenvalue weighted by Crippen LogP contribution is 2.30. The van der Waals surface area contributed by atoms with Crippen molar-refractivity contribution >= 4 is 17.9 Å². The van der Waals surface area contributed by atoms with Crippen LogP contribution in [-0.4, -0.2) is 63.9 Å². The number of hydrogen-bond donors (Lipinski definition) is 4. The summed E-state index contributed by atoms with van der Waals surface area (Å²) >= 11 is 0. The van der Waals surface area contributed by atoms with Gasteiger partial charge in [0.25, 0.3) is 0 Å². The standard InChI is InChI=1S/C24H39N3O6/c1-7-8-11-14-27(22(31)18(15-28)26-23(32)33-24(4,5)6)20(21(30)25-16(2)3)17-12-9-10-13-19(17)29/h9-10,12-13,16,18,20,28-29H,7-8,11,14-15H2,1-6H3,(H,25,30)(H,26,32). The van der Waals surface area contributed by atoms with E-state index in [2.05, 4.69) is 10.6 Å². The van der Waals surface area contributed by atoms with Gasteiger partial charge in [0.1, 0.15) is 23.4 Å². The van der Waals surface area contributed by atoms with Crippen LogP contribution in [0.1, 0.15) is 72.4 Å². The maximum atomic E-state index is 13.5. The third kappa shape index (κ3) is 9.29. The topological polar surface area (TPSA) is 128 Å². The number of amides is 3. The summed E-state index contributed by atoms with van der Waals surface area (Å²) in [5.74, 6) is -1.24. The molecule has 0 saturated carbocycles. The molecule has 0 heterocycles. The number of rotatable bonds is 11. The second-order valence-corrected chi connectivity index (χ2v) is 9.24. The fraction of sp³-hybridized carbons (Fsp3) is 0.625. The van der Waals surface area contributed by atoms with Gasteiger partial charge in [-0.2, -0.15) is 0 Å². The van der Waals surface area contributed by atoms with Crippen molar-refractivity contribution in [2.24, 2.45) is 0 Å². The Morgan fingerprint density at radius 1 is 1.09 bits per heavy atom. The van der Waals surface area contributed by atoms with Gasteiger partial charge in [-0.25, -0.2) is 4.79 Å². The van der Waals surface area contributed by atoms with Crippen molar-refractivity contribution in [3.8, 4) is 5.75 Å². The number of nitrogens with zero attached hydrogens (tertiary/aromatic N) is 1. The Kier molecular flexibility index (Phi) is 11.1. The van der Waals surface area contributed by atoms with Gasteiger partial charge < -0.3 is 30.5 Å². The number of para-hydroxylation sites is 1. The number of carbonyl (C=O) groups is 3. The van der Waals surface area contributed by atoms with Crippen LogP contribution >= 0.6 is 0 Å². The number of hydrogen-bond acceptors (Lipinski definition) is 6. The summed E-state index contributed by atoms with van der Waals surface area (Å²) in [6.07, 6.45) is 1.45. The summed E-state index contributed by atoms with van der Waals surface area (Å²) in [5, 5.41) is 25.6. The number of aliphatic hydroxyl groups is 1. The van der Waals surface area contributed by atoms with E-state index in [4.69, 9.17) is 4.74 Å². The van der Waals surface area contributed by atoms with E-state index in [9.17, 15) is 24.6 Å². The molecule has 33 heavy (non-hydrogen) atoms. The molecular formula is C24H39N3O6. The molecule has 9 nitrogen and oxygen atoms in total. The first-order chi connectivity index (χ1) is 15.4. The number of ether oxygens (including phenoxy) is 1. The van der Waals surface area contributed by atoms with E-state index >= 15 is 0 Å². The fourth-order valence-electron chi connectivity index (χ4n) is 3.27. The number of aromatic hydroxyl groups is 1. The SMILES string of the molecule is CCCCCN(C(=O)C(CO)NC(=O)OC(C)(C)C)C(C(=O)NC(C)C)c1ccccc1O. The molecule has 0 aromatic heterocycles. The molecule has 0 spiro atoms. The minimum absolute atomic E-state index is 0.129. The van der Waals surface area contributed by atoms with E-state index in [1.54, 1.807) is 52.8 Å². The van der Waals surface area contributed by atoms with Gasteiger partial charge in [0.05, 0.1) is 6.61 Å². The molecule has 0 radical (unpaired) electrons. The van der Waals surface area contributed by atoms with E-state index in [-0.39, 0.29) is 23.9 Å². The summed E-state index contributed by atoms with van der Waals surface area (Å²) in [6.45, 7) is 10.2. The summed E-state index contributed by atoms with van der Waals surface area (Å²) in [5.41, 5.74) is -0.529. The molecule has 4 N–H and O–H groups in total. The minimum Gasteiger partial charge on any atom is -0.508 e. The minimum atomic E-state index is -1.32. The van der Waals surface area contributed by atoms with Crippen LogP contribution < -0.4 is 10.6 Å². The van der Waals surface area contributed by atoms with E-state index in [1.807, 2.05) is 6.92 Å². The van der Waals surface area contributed by atoms with E-state index in [0.717, 1.165) is 12.8 Å². The van der Waals surface area contributed by atoms with Crippen molar-refractivity contribution in [2.45, 2.75) is 84.5 Å². The number of alkyl carbamates (subject to hydrolysis) is 1. The third-order valence-corrected chi connectivity index (χ3v) is 4.68. The van der Waals surface area contributed by atoms with Crippen LogP contribution in [-0.2, 0) is 14.3 Å². The van der Waals surface area contributed by atoms with Gasteiger partial charge in [-0.1, -0.05) is 38.0 Å². The highest BCUT2D eigenvalue weighted by Gasteiger charge is 2.37. The first-order valence-electron chi connectivity index (χ1n) is 11.4. The second-order valence-electron chi connectivity index (χ2n) is 9.24. The lowest BCUT2D eigenvalue weighted by Gasteiger charge is -2.34. The lowest BCUT2D eigenvalue weighted by molar-refractivity contribution is -0.143. The number of carbonyl (C=O) groups excluding carboxylic acids is 3. The molecule has 3 amide bonds. The second kappa shape index (κ2) is 13.0. The first kappa shape index (κ1) is 28.2. The van der Waals surface area contributed by atoms with Gasteiger partial charge in [0.15, 0.2) is 0 Å². The molecule has 1 aromatic rings. The zero-order chi connectivity index (χ0) is 25.2. The average Bonchev–Trinajstić information content (AvgIpc) is 2.70. The Labute approximate surface area is 196 Å². The molecular weight excluding hydrogens is 426 g/mol. The zero-order valence-electron chi connectivity index (χ0n) is 20.6. The van der Waals surface area contributed by atoms with Crippen LogP contribution in [0.2, 0.25) is 0 Å². The van der Waals surface area contributed by atoms with Gasteiger partial charge in [-0.05, 0) is 47.1 Å². The summed E-state index contributed by atoms with van der Waals surface area (Å²) in [4.78, 5) is 40.3. The molecule has 186 valence electrons. The van der Waals surface area contributed by atoms with Crippen molar-refractivity contribution < 1.29 is 29.3 Å². The first-order valence-corrected chi connectivity index (χ1v) is 11.4. The fourth-order valence-corrected chi connectivity index (χ4v) is 3.27. The molecule has 2 atom stereocenters. The molecule has 0 aliphatic carbocycles. The highest BCUT2D eigenvalue weighted by atomic mass is 16.6. The molecule has 0 bridgehead atoms. The Morgan fingerprint density at radius 2 is 1.73 bits per heavy atom. The molecule has 0 saturated heterocycles. The normalized spacial score (nSPS) is 13.2. The lowest BCUT2D eigenvalue weighted by atomic mass is 10.0. The van der Waals surface area contributed by atoms with Crippen LogP contribution in [0.3, 0.4) is 0 Å². The number of aliphatic hydroxyl groups excluding tert-OH is 1. The summed E-state index contributed by atoms with van der Waals surface area (Å²) in [6, 6.07) is 3.65. The van der Waals surface area contributed by atoms with Crippen molar-refractivity contribution in [2.75, 3.05) is 13.2 Å². The maximum absolute atomic E-state index is 13.5. The summed E-state index contributed by atoms with van der Waals surface area (Å²) in [7, 11) is 0.